The summed E-state index contributed by atoms with van der Waals surface area (Å²) in [6, 6.07) is 12.7. The lowest BCUT2D eigenvalue weighted by molar-refractivity contribution is 0.684. The minimum atomic E-state index is 0.729. The third-order valence-corrected chi connectivity index (χ3v) is 3.69. The van der Waals surface area contributed by atoms with Gasteiger partial charge in [0.2, 0.25) is 0 Å². The summed E-state index contributed by atoms with van der Waals surface area (Å²) in [4.78, 5) is 6.84. The highest BCUT2D eigenvalue weighted by atomic mass is 15.1. The monoisotopic (exact) mass is 253 g/mol. The van der Waals surface area contributed by atoms with Crippen LogP contribution >= 0.6 is 0 Å². The maximum Gasteiger partial charge on any atom is 0.0501 e. The molecule has 0 fully saturated rings. The van der Waals surface area contributed by atoms with E-state index in [1.165, 1.54) is 24.1 Å². The predicted octanol–water partition coefficient (Wildman–Crippen LogP) is 2.66. The van der Waals surface area contributed by atoms with Crippen LogP contribution < -0.4 is 10.6 Å². The summed E-state index contributed by atoms with van der Waals surface area (Å²) in [7, 11) is 0. The van der Waals surface area contributed by atoms with Crippen molar-refractivity contribution in [3.8, 4) is 0 Å². The molecule has 0 spiro atoms. The molecule has 2 aromatic rings. The molecule has 1 aromatic carbocycles. The second-order valence-corrected chi connectivity index (χ2v) is 5.05. The van der Waals surface area contributed by atoms with Crippen molar-refractivity contribution in [1.29, 1.82) is 0 Å². The minimum absolute atomic E-state index is 0.729. The topological polar surface area (TPSA) is 42.1 Å². The first-order chi connectivity index (χ1) is 9.33. The van der Waals surface area contributed by atoms with Gasteiger partial charge in [-0.25, -0.2) is 0 Å². The molecule has 0 atom stereocenters. The lowest BCUT2D eigenvalue weighted by Gasteiger charge is -2.31. The van der Waals surface area contributed by atoms with Crippen LogP contribution in [0.2, 0.25) is 0 Å². The highest BCUT2D eigenvalue weighted by Crippen LogP contribution is 2.26. The van der Waals surface area contributed by atoms with Crippen LogP contribution in [0.15, 0.2) is 42.6 Å². The zero-order chi connectivity index (χ0) is 13.1. The van der Waals surface area contributed by atoms with Gasteiger partial charge in [0.15, 0.2) is 0 Å². The Hall–Kier alpha value is -2.03. The molecule has 3 heteroatoms. The number of anilines is 2. The number of benzene rings is 1. The fraction of sp³-hybridized carbons (Fsp3) is 0.312. The first-order valence-corrected chi connectivity index (χ1v) is 6.86. The van der Waals surface area contributed by atoms with Gasteiger partial charge in [0.1, 0.15) is 0 Å². The molecule has 0 aliphatic carbocycles. The van der Waals surface area contributed by atoms with Crippen LogP contribution in [0.25, 0.3) is 0 Å². The maximum atomic E-state index is 5.66. The van der Waals surface area contributed by atoms with Gasteiger partial charge in [-0.05, 0) is 36.6 Å². The summed E-state index contributed by atoms with van der Waals surface area (Å²) in [6.07, 6.45) is 5.15. The van der Waals surface area contributed by atoms with Crippen LogP contribution in [-0.2, 0) is 12.8 Å². The smallest absolute Gasteiger partial charge is 0.0501 e. The zero-order valence-electron chi connectivity index (χ0n) is 11.0. The molecule has 0 saturated heterocycles. The molecule has 98 valence electrons. The van der Waals surface area contributed by atoms with Crippen molar-refractivity contribution in [1.82, 2.24) is 4.98 Å². The fourth-order valence-corrected chi connectivity index (χ4v) is 2.68. The molecule has 0 saturated carbocycles. The van der Waals surface area contributed by atoms with Gasteiger partial charge in [-0.2, -0.15) is 0 Å². The van der Waals surface area contributed by atoms with E-state index in [2.05, 4.69) is 34.1 Å². The highest BCUT2D eigenvalue weighted by molar-refractivity contribution is 5.55. The molecule has 19 heavy (non-hydrogen) atoms. The SMILES string of the molecule is Nc1ccc(CCN2CCCc3ccccc32)nc1. The van der Waals surface area contributed by atoms with Crippen molar-refractivity contribution < 1.29 is 0 Å². The highest BCUT2D eigenvalue weighted by Gasteiger charge is 2.15. The Bertz CT molecular complexity index is 548. The molecule has 2 N–H and O–H groups in total. The summed E-state index contributed by atoms with van der Waals surface area (Å²) in [5.41, 5.74) is 10.4. The second kappa shape index (κ2) is 5.31. The average molecular weight is 253 g/mol. The number of nitrogens with zero attached hydrogens (tertiary/aromatic N) is 2. The van der Waals surface area contributed by atoms with Crippen LogP contribution in [0.5, 0.6) is 0 Å². The molecule has 3 rings (SSSR count). The number of aryl methyl sites for hydroxylation is 1. The summed E-state index contributed by atoms with van der Waals surface area (Å²) in [6.45, 7) is 2.17. The van der Waals surface area contributed by atoms with E-state index in [0.29, 0.717) is 0 Å². The first-order valence-electron chi connectivity index (χ1n) is 6.86. The Morgan fingerprint density at radius 1 is 1.16 bits per heavy atom. The summed E-state index contributed by atoms with van der Waals surface area (Å²) in [5, 5.41) is 0. The Balaban J connectivity index is 1.69. The number of para-hydroxylation sites is 1. The molecule has 0 bridgehead atoms. The molecule has 3 nitrogen and oxygen atoms in total. The third kappa shape index (κ3) is 2.70. The molecule has 1 aliphatic rings. The molecular weight excluding hydrogens is 234 g/mol. The maximum absolute atomic E-state index is 5.66. The Morgan fingerprint density at radius 2 is 2.05 bits per heavy atom. The van der Waals surface area contributed by atoms with Crippen LogP contribution in [0.4, 0.5) is 11.4 Å². The molecule has 1 aromatic heterocycles. The van der Waals surface area contributed by atoms with Gasteiger partial charge < -0.3 is 10.6 Å². The zero-order valence-corrected chi connectivity index (χ0v) is 11.0. The van der Waals surface area contributed by atoms with E-state index in [0.717, 1.165) is 30.9 Å². The lowest BCUT2D eigenvalue weighted by Crippen LogP contribution is -2.31. The number of rotatable bonds is 3. The Labute approximate surface area is 114 Å². The average Bonchev–Trinajstić information content (AvgIpc) is 2.47. The van der Waals surface area contributed by atoms with Crippen LogP contribution in [0.3, 0.4) is 0 Å². The number of pyridine rings is 1. The van der Waals surface area contributed by atoms with Crippen molar-refractivity contribution in [3.05, 3.63) is 53.9 Å². The van der Waals surface area contributed by atoms with E-state index in [9.17, 15) is 0 Å². The first kappa shape index (κ1) is 12.0. The van der Waals surface area contributed by atoms with Gasteiger partial charge in [-0.1, -0.05) is 18.2 Å². The van der Waals surface area contributed by atoms with Crippen LogP contribution in [-0.4, -0.2) is 18.1 Å². The standard InChI is InChI=1S/C16H19N3/c17-14-7-8-15(18-12-14)9-11-19-10-3-5-13-4-1-2-6-16(13)19/h1-2,4,6-8,12H,3,5,9-11,17H2. The fourth-order valence-electron chi connectivity index (χ4n) is 2.68. The third-order valence-electron chi connectivity index (χ3n) is 3.69. The van der Waals surface area contributed by atoms with Gasteiger partial charge in [-0.15, -0.1) is 0 Å². The van der Waals surface area contributed by atoms with Crippen molar-refractivity contribution in [2.45, 2.75) is 19.3 Å². The molecular formula is C16H19N3. The summed E-state index contributed by atoms with van der Waals surface area (Å²) in [5.74, 6) is 0. The van der Waals surface area contributed by atoms with Crippen molar-refractivity contribution >= 4 is 11.4 Å². The summed E-state index contributed by atoms with van der Waals surface area (Å²) < 4.78 is 0. The van der Waals surface area contributed by atoms with E-state index in [4.69, 9.17) is 5.73 Å². The molecule has 1 aliphatic heterocycles. The minimum Gasteiger partial charge on any atom is -0.397 e. The number of hydrogen-bond acceptors (Lipinski definition) is 3. The van der Waals surface area contributed by atoms with E-state index in [1.807, 2.05) is 12.1 Å². The van der Waals surface area contributed by atoms with Gasteiger partial charge in [0.25, 0.3) is 0 Å². The number of hydrogen-bond donors (Lipinski definition) is 1. The van der Waals surface area contributed by atoms with Crippen molar-refractivity contribution in [2.24, 2.45) is 0 Å². The number of nitrogen functional groups attached to an aromatic ring is 1. The van der Waals surface area contributed by atoms with Crippen molar-refractivity contribution in [2.75, 3.05) is 23.7 Å². The summed E-state index contributed by atoms with van der Waals surface area (Å²) >= 11 is 0. The predicted molar refractivity (Wildman–Crippen MR) is 79.3 cm³/mol. The normalized spacial score (nSPS) is 14.2. The number of nitrogens with two attached hydrogens (primary N) is 1. The van der Waals surface area contributed by atoms with Gasteiger partial charge >= 0.3 is 0 Å². The van der Waals surface area contributed by atoms with Gasteiger partial charge in [-0.3, -0.25) is 4.98 Å². The molecule has 0 amide bonds. The lowest BCUT2D eigenvalue weighted by atomic mass is 10.0. The van der Waals surface area contributed by atoms with E-state index < -0.39 is 0 Å². The Morgan fingerprint density at radius 3 is 2.89 bits per heavy atom. The largest absolute Gasteiger partial charge is 0.397 e. The van der Waals surface area contributed by atoms with Crippen molar-refractivity contribution in [3.63, 3.8) is 0 Å². The molecule has 0 unspecified atom stereocenters. The Kier molecular flexibility index (Phi) is 3.36. The van der Waals surface area contributed by atoms with E-state index in [1.54, 1.807) is 6.20 Å². The van der Waals surface area contributed by atoms with Gasteiger partial charge in [0, 0.05) is 30.9 Å². The quantitative estimate of drug-likeness (QED) is 0.914. The van der Waals surface area contributed by atoms with Crippen LogP contribution in [0, 0.1) is 0 Å². The van der Waals surface area contributed by atoms with E-state index >= 15 is 0 Å². The number of fused-ring (bicyclic) bond motifs is 1. The van der Waals surface area contributed by atoms with Crippen LogP contribution in [0.1, 0.15) is 17.7 Å². The second-order valence-electron chi connectivity index (χ2n) is 5.05. The molecule has 2 heterocycles. The van der Waals surface area contributed by atoms with E-state index in [-0.39, 0.29) is 0 Å². The molecule has 0 radical (unpaired) electrons. The van der Waals surface area contributed by atoms with Gasteiger partial charge in [0.05, 0.1) is 11.9 Å². The number of aromatic nitrogens is 1.